The van der Waals surface area contributed by atoms with Crippen molar-refractivity contribution in [3.8, 4) is 0 Å². The highest BCUT2D eigenvalue weighted by Crippen LogP contribution is 2.21. The summed E-state index contributed by atoms with van der Waals surface area (Å²) in [7, 11) is 0. The largest absolute Gasteiger partial charge is 0.310 e. The number of hydrogen-bond acceptors (Lipinski definition) is 4. The molecule has 2 aromatic rings. The van der Waals surface area contributed by atoms with Gasteiger partial charge >= 0.3 is 5.69 Å². The Morgan fingerprint density at radius 1 is 1.50 bits per heavy atom. The van der Waals surface area contributed by atoms with Crippen LogP contribution in [0.3, 0.4) is 0 Å². The first-order chi connectivity index (χ1) is 7.49. The summed E-state index contributed by atoms with van der Waals surface area (Å²) in [5, 5.41) is 10.5. The third-order valence-corrected chi connectivity index (χ3v) is 2.09. The van der Waals surface area contributed by atoms with Gasteiger partial charge in [0.05, 0.1) is 15.8 Å². The second kappa shape index (κ2) is 3.37. The third-order valence-electron chi connectivity index (χ3n) is 2.09. The first-order valence-electron chi connectivity index (χ1n) is 4.33. The number of H-pyrrole nitrogens is 1. The molecule has 0 aliphatic carbocycles. The van der Waals surface area contributed by atoms with E-state index in [9.17, 15) is 19.3 Å². The van der Waals surface area contributed by atoms with Gasteiger partial charge in [-0.15, -0.1) is 0 Å². The first kappa shape index (κ1) is 10.2. The molecular weight excluding hydrogens is 217 g/mol. The highest BCUT2D eigenvalue weighted by Gasteiger charge is 2.17. The van der Waals surface area contributed by atoms with Crippen LogP contribution < -0.4 is 5.56 Å². The molecule has 0 amide bonds. The SMILES string of the molecule is Cc1nc2cc(F)c([N+](=O)[O-])cc2c(=O)[nH]1. The van der Waals surface area contributed by atoms with E-state index in [4.69, 9.17) is 0 Å². The lowest BCUT2D eigenvalue weighted by Gasteiger charge is -1.99. The number of aromatic amines is 1. The minimum absolute atomic E-state index is 0.00120. The Kier molecular flexibility index (Phi) is 2.15. The number of nitro groups is 1. The van der Waals surface area contributed by atoms with Crippen LogP contribution in [0.1, 0.15) is 5.82 Å². The second-order valence-electron chi connectivity index (χ2n) is 3.23. The first-order valence-corrected chi connectivity index (χ1v) is 4.33. The quantitative estimate of drug-likeness (QED) is 0.582. The monoisotopic (exact) mass is 223 g/mol. The van der Waals surface area contributed by atoms with E-state index in [1.54, 1.807) is 6.92 Å². The van der Waals surface area contributed by atoms with Crippen LogP contribution in [0.5, 0.6) is 0 Å². The van der Waals surface area contributed by atoms with Crippen LogP contribution in [0, 0.1) is 22.9 Å². The van der Waals surface area contributed by atoms with E-state index in [1.807, 2.05) is 0 Å². The molecule has 16 heavy (non-hydrogen) atoms. The number of hydrogen-bond donors (Lipinski definition) is 1. The van der Waals surface area contributed by atoms with Crippen molar-refractivity contribution in [3.05, 3.63) is 44.2 Å². The number of rotatable bonds is 1. The zero-order chi connectivity index (χ0) is 11.9. The van der Waals surface area contributed by atoms with E-state index in [2.05, 4.69) is 9.97 Å². The molecular formula is C9H6FN3O3. The minimum atomic E-state index is -1.00. The lowest BCUT2D eigenvalue weighted by Crippen LogP contribution is -2.10. The minimum Gasteiger partial charge on any atom is -0.310 e. The Morgan fingerprint density at radius 2 is 2.19 bits per heavy atom. The molecule has 0 aliphatic heterocycles. The molecule has 1 N–H and O–H groups in total. The second-order valence-corrected chi connectivity index (χ2v) is 3.23. The zero-order valence-electron chi connectivity index (χ0n) is 8.15. The van der Waals surface area contributed by atoms with E-state index in [1.165, 1.54) is 0 Å². The van der Waals surface area contributed by atoms with Crippen LogP contribution in [0.2, 0.25) is 0 Å². The average molecular weight is 223 g/mol. The molecule has 7 heteroatoms. The highest BCUT2D eigenvalue weighted by molar-refractivity contribution is 5.80. The lowest BCUT2D eigenvalue weighted by atomic mass is 10.2. The van der Waals surface area contributed by atoms with E-state index < -0.39 is 22.0 Å². The fourth-order valence-electron chi connectivity index (χ4n) is 1.41. The summed E-state index contributed by atoms with van der Waals surface area (Å²) in [5.74, 6) is -0.680. The van der Waals surface area contributed by atoms with Crippen LogP contribution in [0.4, 0.5) is 10.1 Å². The van der Waals surface area contributed by atoms with Gasteiger partial charge < -0.3 is 4.98 Å². The summed E-state index contributed by atoms with van der Waals surface area (Å²) in [6, 6.07) is 1.77. The van der Waals surface area contributed by atoms with Crippen molar-refractivity contribution in [1.82, 2.24) is 9.97 Å². The van der Waals surface area contributed by atoms with Crippen molar-refractivity contribution < 1.29 is 9.31 Å². The number of halogens is 1. The topological polar surface area (TPSA) is 88.9 Å². The summed E-state index contributed by atoms with van der Waals surface area (Å²) < 4.78 is 13.2. The van der Waals surface area contributed by atoms with Gasteiger partial charge in [-0.3, -0.25) is 14.9 Å². The molecule has 1 aromatic heterocycles. The standard InChI is InChI=1S/C9H6FN3O3/c1-4-11-7-3-6(10)8(13(15)16)2-5(7)9(14)12-4/h2-3H,1H3,(H,11,12,14). The number of benzene rings is 1. The Balaban J connectivity index is 2.90. The molecule has 0 saturated carbocycles. The van der Waals surface area contributed by atoms with Crippen molar-refractivity contribution >= 4 is 16.6 Å². The van der Waals surface area contributed by atoms with Gasteiger partial charge in [0.2, 0.25) is 5.82 Å². The van der Waals surface area contributed by atoms with Crippen molar-refractivity contribution in [1.29, 1.82) is 0 Å². The molecule has 6 nitrogen and oxygen atoms in total. The number of nitrogens with one attached hydrogen (secondary N) is 1. The van der Waals surface area contributed by atoms with Gasteiger partial charge in [-0.2, -0.15) is 4.39 Å². The van der Waals surface area contributed by atoms with Crippen molar-refractivity contribution in [3.63, 3.8) is 0 Å². The predicted octanol–water partition coefficient (Wildman–Crippen LogP) is 1.28. The van der Waals surface area contributed by atoms with Gasteiger partial charge in [0.15, 0.2) is 0 Å². The summed E-state index contributed by atoms with van der Waals surface area (Å²) in [6.45, 7) is 1.54. The van der Waals surface area contributed by atoms with Crippen LogP contribution >= 0.6 is 0 Å². The van der Waals surface area contributed by atoms with Crippen molar-refractivity contribution in [2.24, 2.45) is 0 Å². The number of aryl methyl sites for hydroxylation is 1. The molecule has 0 spiro atoms. The smallest absolute Gasteiger partial charge is 0.305 e. The number of aromatic nitrogens is 2. The number of nitrogens with zero attached hydrogens (tertiary/aromatic N) is 2. The van der Waals surface area contributed by atoms with Crippen molar-refractivity contribution in [2.75, 3.05) is 0 Å². The Morgan fingerprint density at radius 3 is 2.81 bits per heavy atom. The molecule has 0 fully saturated rings. The molecule has 1 heterocycles. The summed E-state index contributed by atoms with van der Waals surface area (Å²) in [4.78, 5) is 27.3. The average Bonchev–Trinajstić information content (AvgIpc) is 2.15. The van der Waals surface area contributed by atoms with E-state index in [-0.39, 0.29) is 10.9 Å². The summed E-state index contributed by atoms with van der Waals surface area (Å²) in [6.07, 6.45) is 0. The van der Waals surface area contributed by atoms with Gasteiger partial charge in [-0.05, 0) is 6.92 Å². The fraction of sp³-hybridized carbons (Fsp3) is 0.111. The van der Waals surface area contributed by atoms with Gasteiger partial charge in [-0.1, -0.05) is 0 Å². The van der Waals surface area contributed by atoms with Crippen LogP contribution in [0.25, 0.3) is 10.9 Å². The molecule has 0 aliphatic rings. The molecule has 82 valence electrons. The van der Waals surface area contributed by atoms with Gasteiger partial charge in [0.25, 0.3) is 5.56 Å². The predicted molar refractivity (Wildman–Crippen MR) is 53.7 cm³/mol. The van der Waals surface area contributed by atoms with Crippen LogP contribution in [-0.2, 0) is 0 Å². The Hall–Kier alpha value is -2.31. The Bertz CT molecular complexity index is 650. The van der Waals surface area contributed by atoms with Gasteiger partial charge in [0, 0.05) is 12.1 Å². The van der Waals surface area contributed by atoms with E-state index >= 15 is 0 Å². The Labute approximate surface area is 87.9 Å². The maximum Gasteiger partial charge on any atom is 0.305 e. The number of fused-ring (bicyclic) bond motifs is 1. The maximum atomic E-state index is 13.2. The molecule has 0 saturated heterocycles. The fourth-order valence-corrected chi connectivity index (χ4v) is 1.41. The molecule has 0 radical (unpaired) electrons. The molecule has 0 unspecified atom stereocenters. The van der Waals surface area contributed by atoms with E-state index in [0.717, 1.165) is 12.1 Å². The van der Waals surface area contributed by atoms with E-state index in [0.29, 0.717) is 5.82 Å². The van der Waals surface area contributed by atoms with Crippen LogP contribution in [0.15, 0.2) is 16.9 Å². The molecule has 2 rings (SSSR count). The lowest BCUT2D eigenvalue weighted by molar-refractivity contribution is -0.387. The summed E-state index contributed by atoms with van der Waals surface area (Å²) >= 11 is 0. The van der Waals surface area contributed by atoms with Gasteiger partial charge in [0.1, 0.15) is 5.82 Å². The zero-order valence-corrected chi connectivity index (χ0v) is 8.15. The molecule has 1 aromatic carbocycles. The third kappa shape index (κ3) is 1.52. The normalized spacial score (nSPS) is 10.6. The maximum absolute atomic E-state index is 13.2. The number of nitro benzene ring substituents is 1. The van der Waals surface area contributed by atoms with Crippen LogP contribution in [-0.4, -0.2) is 14.9 Å². The summed E-state index contributed by atoms with van der Waals surface area (Å²) in [5.41, 5.74) is -1.15. The van der Waals surface area contributed by atoms with Crippen molar-refractivity contribution in [2.45, 2.75) is 6.92 Å². The molecule has 0 atom stereocenters. The van der Waals surface area contributed by atoms with Gasteiger partial charge in [-0.25, -0.2) is 4.98 Å². The molecule has 0 bridgehead atoms. The highest BCUT2D eigenvalue weighted by atomic mass is 19.1.